The molecule has 0 bridgehead atoms. The third kappa shape index (κ3) is 9.66. The molecule has 296 valence electrons. The Balaban J connectivity index is 1.73. The molecule has 0 radical (unpaired) electrons. The van der Waals surface area contributed by atoms with Crippen molar-refractivity contribution in [3.8, 4) is 11.5 Å². The van der Waals surface area contributed by atoms with Crippen LogP contribution in [0.1, 0.15) is 190 Å². The van der Waals surface area contributed by atoms with Gasteiger partial charge in [-0.15, -0.1) is 0 Å². The summed E-state index contributed by atoms with van der Waals surface area (Å²) >= 11 is 0. The Morgan fingerprint density at radius 2 is 0.759 bits per heavy atom. The molecule has 0 amide bonds. The fraction of sp³-hybridized carbons (Fsp3) is 0.600. The van der Waals surface area contributed by atoms with Crippen molar-refractivity contribution in [1.82, 2.24) is 0 Å². The molecule has 0 aliphatic heterocycles. The Hall–Kier alpha value is -2.61. The van der Waals surface area contributed by atoms with Gasteiger partial charge in [0.15, 0.2) is 0 Å². The van der Waals surface area contributed by atoms with Crippen LogP contribution in [-0.2, 0) is 37.0 Å². The SMILES string of the molecule is CC(C)(C)c1cc(C(C)(C)C)c2cc(OP(Oc3cc4c(C(C)(C)C)cc(C(C)(C)C)cc4cc3C(C)(C)C)OC3CCCCC3)c(C(C)(C)C)cc2c1. The Labute approximate surface area is 331 Å². The molecule has 4 aromatic rings. The van der Waals surface area contributed by atoms with E-state index in [-0.39, 0.29) is 38.6 Å². The molecular formula is C50H73O3P. The molecule has 4 aromatic carbocycles. The average molecular weight is 753 g/mol. The van der Waals surface area contributed by atoms with Crippen molar-refractivity contribution in [2.75, 3.05) is 0 Å². The van der Waals surface area contributed by atoms with Crippen molar-refractivity contribution in [2.24, 2.45) is 0 Å². The number of benzene rings is 4. The van der Waals surface area contributed by atoms with E-state index in [0.29, 0.717) is 0 Å². The molecule has 0 unspecified atom stereocenters. The zero-order valence-corrected chi connectivity index (χ0v) is 38.3. The highest BCUT2D eigenvalue weighted by Crippen LogP contribution is 2.52. The Kier molecular flexibility index (Phi) is 11.6. The summed E-state index contributed by atoms with van der Waals surface area (Å²) in [5.74, 6) is 1.71. The van der Waals surface area contributed by atoms with E-state index in [1.807, 2.05) is 0 Å². The highest BCUT2D eigenvalue weighted by molar-refractivity contribution is 7.42. The monoisotopic (exact) mass is 753 g/mol. The lowest BCUT2D eigenvalue weighted by molar-refractivity contribution is 0.138. The maximum atomic E-state index is 7.21. The maximum absolute atomic E-state index is 7.21. The van der Waals surface area contributed by atoms with E-state index in [4.69, 9.17) is 13.6 Å². The van der Waals surface area contributed by atoms with Crippen LogP contribution in [0.2, 0.25) is 0 Å². The topological polar surface area (TPSA) is 27.7 Å². The van der Waals surface area contributed by atoms with Gasteiger partial charge in [0.1, 0.15) is 11.5 Å². The summed E-state index contributed by atoms with van der Waals surface area (Å²) in [7, 11) is -1.80. The lowest BCUT2D eigenvalue weighted by Crippen LogP contribution is -2.20. The predicted molar refractivity (Wildman–Crippen MR) is 236 cm³/mol. The quantitative estimate of drug-likeness (QED) is 0.184. The molecule has 0 heterocycles. The van der Waals surface area contributed by atoms with Gasteiger partial charge < -0.3 is 9.05 Å². The summed E-state index contributed by atoms with van der Waals surface area (Å²) < 4.78 is 21.4. The molecule has 0 N–H and O–H groups in total. The van der Waals surface area contributed by atoms with Crippen LogP contribution < -0.4 is 9.05 Å². The van der Waals surface area contributed by atoms with Gasteiger partial charge in [-0.1, -0.05) is 168 Å². The van der Waals surface area contributed by atoms with Crippen LogP contribution in [0.15, 0.2) is 48.5 Å². The van der Waals surface area contributed by atoms with E-state index < -0.39 is 8.60 Å². The van der Waals surface area contributed by atoms with Gasteiger partial charge in [0.05, 0.1) is 6.10 Å². The Morgan fingerprint density at radius 3 is 1.07 bits per heavy atom. The first-order valence-corrected chi connectivity index (χ1v) is 21.7. The van der Waals surface area contributed by atoms with Crippen molar-refractivity contribution in [1.29, 1.82) is 0 Å². The number of fused-ring (bicyclic) bond motifs is 2. The standard InChI is InChI=1S/C50H73O3P/c1-45(2,3)34-24-32-26-41(49(13,14)15)43(30-37(32)39(28-34)47(7,8)9)52-54(51-36-22-20-19-21-23-36)53-44-31-38-33(27-42(44)50(16,17)18)25-35(46(4,5)6)29-40(38)48(10,11)12/h24-31,36H,19-23H2,1-18H3. The minimum absolute atomic E-state index is 0.0348. The Morgan fingerprint density at radius 1 is 0.407 bits per heavy atom. The van der Waals surface area contributed by atoms with Crippen molar-refractivity contribution in [3.63, 3.8) is 0 Å². The fourth-order valence-corrected chi connectivity index (χ4v) is 8.93. The highest BCUT2D eigenvalue weighted by Gasteiger charge is 2.33. The van der Waals surface area contributed by atoms with Crippen LogP contribution in [-0.4, -0.2) is 6.10 Å². The van der Waals surface area contributed by atoms with Crippen LogP contribution >= 0.6 is 8.60 Å². The third-order valence-electron chi connectivity index (χ3n) is 11.2. The van der Waals surface area contributed by atoms with Gasteiger partial charge in [-0.25, -0.2) is 0 Å². The van der Waals surface area contributed by atoms with Crippen molar-refractivity contribution in [3.05, 3.63) is 81.9 Å². The van der Waals surface area contributed by atoms with Crippen molar-refractivity contribution in [2.45, 2.75) is 195 Å². The summed E-state index contributed by atoms with van der Waals surface area (Å²) in [6, 6.07) is 19.0. The predicted octanol–water partition coefficient (Wildman–Crippen LogP) is 15.8. The van der Waals surface area contributed by atoms with E-state index >= 15 is 0 Å². The summed E-state index contributed by atoms with van der Waals surface area (Å²) in [5.41, 5.74) is 7.36. The molecule has 0 spiro atoms. The molecule has 1 fully saturated rings. The summed E-state index contributed by atoms with van der Waals surface area (Å²) in [6.45, 7) is 41.5. The zero-order valence-electron chi connectivity index (χ0n) is 37.4. The smallest absolute Gasteiger partial charge is 0.417 e. The zero-order chi connectivity index (χ0) is 40.4. The van der Waals surface area contributed by atoms with E-state index in [1.54, 1.807) is 0 Å². The lowest BCUT2D eigenvalue weighted by atomic mass is 9.76. The van der Waals surface area contributed by atoms with Gasteiger partial charge in [-0.05, 0) is 113 Å². The number of hydrogen-bond acceptors (Lipinski definition) is 3. The minimum Gasteiger partial charge on any atom is -0.417 e. The third-order valence-corrected chi connectivity index (χ3v) is 12.4. The second-order valence-electron chi connectivity index (χ2n) is 22.5. The number of hydrogen-bond donors (Lipinski definition) is 0. The Bertz CT molecular complexity index is 1840. The molecular weight excluding hydrogens is 680 g/mol. The molecule has 4 heteroatoms. The molecule has 5 rings (SSSR count). The lowest BCUT2D eigenvalue weighted by Gasteiger charge is -2.32. The maximum Gasteiger partial charge on any atom is 0.463 e. The van der Waals surface area contributed by atoms with Crippen LogP contribution in [0.25, 0.3) is 21.5 Å². The molecule has 1 aliphatic rings. The largest absolute Gasteiger partial charge is 0.463 e. The molecule has 0 aromatic heterocycles. The van der Waals surface area contributed by atoms with Crippen molar-refractivity contribution >= 4 is 30.1 Å². The summed E-state index contributed by atoms with van der Waals surface area (Å²) in [6.07, 6.45) is 5.79. The molecule has 1 aliphatic carbocycles. The molecule has 0 saturated heterocycles. The van der Waals surface area contributed by atoms with Gasteiger partial charge in [0, 0.05) is 11.1 Å². The van der Waals surface area contributed by atoms with E-state index in [2.05, 4.69) is 173 Å². The first-order valence-electron chi connectivity index (χ1n) is 20.6. The summed E-state index contributed by atoms with van der Waals surface area (Å²) in [4.78, 5) is 0. The van der Waals surface area contributed by atoms with E-state index in [1.165, 1.54) is 74.2 Å². The van der Waals surface area contributed by atoms with Gasteiger partial charge in [0.2, 0.25) is 0 Å². The van der Waals surface area contributed by atoms with Crippen LogP contribution in [0.5, 0.6) is 11.5 Å². The number of rotatable bonds is 6. The average Bonchev–Trinajstić information content (AvgIpc) is 3.00. The van der Waals surface area contributed by atoms with Gasteiger partial charge in [0.25, 0.3) is 0 Å². The van der Waals surface area contributed by atoms with Gasteiger partial charge in [-0.3, -0.25) is 4.52 Å². The highest BCUT2D eigenvalue weighted by atomic mass is 31.2. The van der Waals surface area contributed by atoms with Crippen LogP contribution in [0, 0.1) is 0 Å². The normalized spacial score (nSPS) is 15.8. The van der Waals surface area contributed by atoms with Crippen LogP contribution in [0.4, 0.5) is 0 Å². The van der Waals surface area contributed by atoms with E-state index in [9.17, 15) is 0 Å². The second-order valence-corrected chi connectivity index (χ2v) is 23.5. The van der Waals surface area contributed by atoms with Gasteiger partial charge >= 0.3 is 8.60 Å². The second kappa shape index (κ2) is 14.7. The minimum atomic E-state index is -1.80. The molecule has 1 saturated carbocycles. The first kappa shape index (κ1) is 42.5. The van der Waals surface area contributed by atoms with Crippen LogP contribution in [0.3, 0.4) is 0 Å². The molecule has 3 nitrogen and oxygen atoms in total. The first-order chi connectivity index (χ1) is 24.5. The summed E-state index contributed by atoms with van der Waals surface area (Å²) in [5, 5.41) is 4.99. The molecule has 0 atom stereocenters. The van der Waals surface area contributed by atoms with Crippen molar-refractivity contribution < 1.29 is 13.6 Å². The fourth-order valence-electron chi connectivity index (χ4n) is 7.73. The van der Waals surface area contributed by atoms with E-state index in [0.717, 1.165) is 24.3 Å². The molecule has 54 heavy (non-hydrogen) atoms. The van der Waals surface area contributed by atoms with Gasteiger partial charge in [-0.2, -0.15) is 0 Å².